The van der Waals surface area contributed by atoms with Gasteiger partial charge in [0.1, 0.15) is 11.7 Å². The highest BCUT2D eigenvalue weighted by atomic mass is 32.1. The van der Waals surface area contributed by atoms with Crippen molar-refractivity contribution in [3.63, 3.8) is 0 Å². The summed E-state index contributed by atoms with van der Waals surface area (Å²) in [6.45, 7) is 0. The van der Waals surface area contributed by atoms with Crippen LogP contribution in [-0.4, -0.2) is 16.2 Å². The number of nitrogens with one attached hydrogen (secondary N) is 2. The Hall–Kier alpha value is -5.78. The molecule has 0 aliphatic carbocycles. The van der Waals surface area contributed by atoms with Gasteiger partial charge in [0.15, 0.2) is 0 Å². The summed E-state index contributed by atoms with van der Waals surface area (Å²) in [6, 6.07) is 53.4. The van der Waals surface area contributed by atoms with Crippen LogP contribution >= 0.6 is 11.3 Å². The van der Waals surface area contributed by atoms with Gasteiger partial charge in [0.25, 0.3) is 0 Å². The minimum atomic E-state index is 0.248. The van der Waals surface area contributed by atoms with E-state index < -0.39 is 0 Å². The summed E-state index contributed by atoms with van der Waals surface area (Å²) in [6.07, 6.45) is 0. The fourth-order valence-corrected chi connectivity index (χ4v) is 7.38. The highest BCUT2D eigenvalue weighted by Crippen LogP contribution is 2.43. The number of benzene rings is 6. The van der Waals surface area contributed by atoms with Crippen LogP contribution in [0.1, 0.15) is 11.1 Å². The molecule has 0 atom stereocenters. The van der Waals surface area contributed by atoms with Crippen molar-refractivity contribution in [2.45, 2.75) is 0 Å². The first kappa shape index (κ1) is 26.8. The third-order valence-electron chi connectivity index (χ3n) is 8.27. The van der Waals surface area contributed by atoms with Crippen molar-refractivity contribution in [3.8, 4) is 16.1 Å². The Labute approximate surface area is 265 Å². The van der Waals surface area contributed by atoms with Crippen molar-refractivity contribution >= 4 is 60.6 Å². The standard InChI is InChI=1S/C40H28N4S/c41-39(28-15-6-2-7-16-28)44(40(42)29-17-8-3-9-18-29)32-20-12-19-31(26-32)43-34-22-11-10-21-33(34)37-35(43)24-23-30-25-36(45-38(30)37)27-13-4-1-5-14-27/h1-26,41-42H. The van der Waals surface area contributed by atoms with E-state index in [9.17, 15) is 10.8 Å². The lowest BCUT2D eigenvalue weighted by atomic mass is 10.1. The van der Waals surface area contributed by atoms with Crippen LogP contribution in [0, 0.1) is 10.8 Å². The lowest BCUT2D eigenvalue weighted by molar-refractivity contribution is 1.17. The quantitative estimate of drug-likeness (QED) is 0.151. The number of amidine groups is 2. The van der Waals surface area contributed by atoms with Gasteiger partial charge in [0.05, 0.1) is 16.7 Å². The first-order chi connectivity index (χ1) is 22.2. The molecule has 5 heteroatoms. The molecule has 0 fully saturated rings. The Kier molecular flexibility index (Phi) is 6.59. The zero-order chi connectivity index (χ0) is 30.3. The van der Waals surface area contributed by atoms with E-state index in [2.05, 4.69) is 89.5 Å². The smallest absolute Gasteiger partial charge is 0.138 e. The van der Waals surface area contributed by atoms with Crippen molar-refractivity contribution in [2.75, 3.05) is 4.90 Å². The molecule has 8 aromatic rings. The van der Waals surface area contributed by atoms with E-state index in [0.29, 0.717) is 0 Å². The van der Waals surface area contributed by atoms with Crippen LogP contribution < -0.4 is 4.90 Å². The molecule has 0 saturated carbocycles. The van der Waals surface area contributed by atoms with Crippen molar-refractivity contribution in [1.82, 2.24) is 4.57 Å². The van der Waals surface area contributed by atoms with Crippen molar-refractivity contribution in [1.29, 1.82) is 10.8 Å². The van der Waals surface area contributed by atoms with Crippen LogP contribution in [-0.2, 0) is 0 Å². The molecule has 0 aliphatic rings. The van der Waals surface area contributed by atoms with Crippen molar-refractivity contribution < 1.29 is 0 Å². The summed E-state index contributed by atoms with van der Waals surface area (Å²) in [7, 11) is 0. The van der Waals surface area contributed by atoms with Crippen LogP contribution in [0.4, 0.5) is 5.69 Å². The number of rotatable bonds is 5. The zero-order valence-electron chi connectivity index (χ0n) is 24.3. The van der Waals surface area contributed by atoms with Crippen LogP contribution in [0.25, 0.3) is 48.0 Å². The summed E-state index contributed by atoms with van der Waals surface area (Å²) in [5.74, 6) is 0.495. The fourth-order valence-electron chi connectivity index (χ4n) is 6.16. The molecule has 2 N–H and O–H groups in total. The second-order valence-electron chi connectivity index (χ2n) is 11.0. The minimum Gasteiger partial charge on any atom is -0.309 e. The van der Waals surface area contributed by atoms with E-state index in [4.69, 9.17) is 0 Å². The number of nitrogens with zero attached hydrogens (tertiary/aromatic N) is 2. The largest absolute Gasteiger partial charge is 0.309 e. The summed E-state index contributed by atoms with van der Waals surface area (Å²) in [5.41, 5.74) is 6.70. The Morgan fingerprint density at radius 3 is 1.87 bits per heavy atom. The van der Waals surface area contributed by atoms with E-state index in [1.165, 1.54) is 31.3 Å². The van der Waals surface area contributed by atoms with Gasteiger partial charge in [0.2, 0.25) is 0 Å². The van der Waals surface area contributed by atoms with E-state index in [-0.39, 0.29) is 11.7 Å². The van der Waals surface area contributed by atoms with Gasteiger partial charge >= 0.3 is 0 Å². The maximum Gasteiger partial charge on any atom is 0.138 e. The Morgan fingerprint density at radius 2 is 1.18 bits per heavy atom. The molecule has 0 aliphatic heterocycles. The molecule has 0 amide bonds. The molecular formula is C40H28N4S. The van der Waals surface area contributed by atoms with E-state index in [1.807, 2.05) is 84.1 Å². The predicted molar refractivity (Wildman–Crippen MR) is 191 cm³/mol. The highest BCUT2D eigenvalue weighted by molar-refractivity contribution is 7.23. The normalized spacial score (nSPS) is 11.3. The third-order valence-corrected chi connectivity index (χ3v) is 9.48. The van der Waals surface area contributed by atoms with Crippen LogP contribution in [0.5, 0.6) is 0 Å². The summed E-state index contributed by atoms with van der Waals surface area (Å²) in [5, 5.41) is 22.2. The maximum atomic E-state index is 9.25. The molecule has 214 valence electrons. The van der Waals surface area contributed by atoms with E-state index in [0.717, 1.165) is 33.5 Å². The Bertz CT molecular complexity index is 2300. The number of hydrogen-bond donors (Lipinski definition) is 2. The van der Waals surface area contributed by atoms with Crippen LogP contribution in [0.15, 0.2) is 158 Å². The second-order valence-corrected chi connectivity index (χ2v) is 12.0. The fraction of sp³-hybridized carbons (Fsp3) is 0. The lowest BCUT2D eigenvalue weighted by Gasteiger charge is -2.27. The molecular weight excluding hydrogens is 569 g/mol. The number of fused-ring (bicyclic) bond motifs is 5. The predicted octanol–water partition coefficient (Wildman–Crippen LogP) is 10.5. The zero-order valence-corrected chi connectivity index (χ0v) is 25.1. The SMILES string of the molecule is N=C(c1ccccc1)N(C(=N)c1ccccc1)c1cccc(-n2c3ccccc3c3c4sc(-c5ccccc5)cc4ccc32)c1. The van der Waals surface area contributed by atoms with Gasteiger partial charge in [0, 0.05) is 37.2 Å². The van der Waals surface area contributed by atoms with E-state index in [1.54, 1.807) is 4.90 Å². The second kappa shape index (κ2) is 11.1. The molecule has 0 spiro atoms. The first-order valence-electron chi connectivity index (χ1n) is 14.9. The topological polar surface area (TPSA) is 55.9 Å². The molecule has 0 saturated heterocycles. The maximum absolute atomic E-state index is 9.25. The average molecular weight is 597 g/mol. The summed E-state index contributed by atoms with van der Waals surface area (Å²) < 4.78 is 3.59. The molecule has 0 radical (unpaired) electrons. The number of aromatic nitrogens is 1. The lowest BCUT2D eigenvalue weighted by Crippen LogP contribution is -2.37. The van der Waals surface area contributed by atoms with Crippen LogP contribution in [0.2, 0.25) is 0 Å². The van der Waals surface area contributed by atoms with E-state index >= 15 is 0 Å². The first-order valence-corrected chi connectivity index (χ1v) is 15.7. The average Bonchev–Trinajstić information content (AvgIpc) is 3.69. The molecule has 45 heavy (non-hydrogen) atoms. The molecule has 6 aromatic carbocycles. The third kappa shape index (κ3) is 4.62. The van der Waals surface area contributed by atoms with Gasteiger partial charge in [-0.2, -0.15) is 0 Å². The molecule has 0 bridgehead atoms. The van der Waals surface area contributed by atoms with Crippen molar-refractivity contribution in [3.05, 3.63) is 169 Å². The number of hydrogen-bond acceptors (Lipinski definition) is 3. The summed E-state index contributed by atoms with van der Waals surface area (Å²) >= 11 is 1.84. The number of thiophene rings is 1. The van der Waals surface area contributed by atoms with Gasteiger partial charge in [-0.25, -0.2) is 0 Å². The number of para-hydroxylation sites is 1. The molecule has 2 heterocycles. The number of anilines is 1. The Morgan fingerprint density at radius 1 is 0.556 bits per heavy atom. The molecule has 2 aromatic heterocycles. The highest BCUT2D eigenvalue weighted by Gasteiger charge is 2.22. The van der Waals surface area contributed by atoms with Gasteiger partial charge in [-0.05, 0) is 47.3 Å². The van der Waals surface area contributed by atoms with Crippen LogP contribution in [0.3, 0.4) is 0 Å². The molecule has 0 unspecified atom stereocenters. The van der Waals surface area contributed by atoms with Gasteiger partial charge in [-0.1, -0.05) is 121 Å². The van der Waals surface area contributed by atoms with Gasteiger partial charge in [-0.15, -0.1) is 11.3 Å². The summed E-state index contributed by atoms with van der Waals surface area (Å²) in [4.78, 5) is 2.98. The Balaban J connectivity index is 1.32. The molecule has 8 rings (SSSR count). The monoisotopic (exact) mass is 596 g/mol. The van der Waals surface area contributed by atoms with Gasteiger partial charge < -0.3 is 4.57 Å². The van der Waals surface area contributed by atoms with Gasteiger partial charge in [-0.3, -0.25) is 15.7 Å². The minimum absolute atomic E-state index is 0.248. The molecule has 4 nitrogen and oxygen atoms in total. The van der Waals surface area contributed by atoms with Crippen molar-refractivity contribution in [2.24, 2.45) is 0 Å².